The second kappa shape index (κ2) is 5.34. The molecule has 1 unspecified atom stereocenters. The molecule has 0 saturated carbocycles. The van der Waals surface area contributed by atoms with E-state index in [9.17, 15) is 4.39 Å². The average molecular weight is 248 g/mol. The minimum atomic E-state index is -0.468. The third-order valence-electron chi connectivity index (χ3n) is 3.37. The van der Waals surface area contributed by atoms with E-state index < -0.39 is 5.82 Å². The molecular weight excluding hydrogens is 231 g/mol. The lowest BCUT2D eigenvalue weighted by molar-refractivity contribution is 0.269. The highest BCUT2D eigenvalue weighted by atomic mass is 19.1. The Kier molecular flexibility index (Phi) is 3.80. The zero-order chi connectivity index (χ0) is 13.1. The van der Waals surface area contributed by atoms with Crippen LogP contribution in [0.1, 0.15) is 5.56 Å². The number of piperazine rings is 1. The summed E-state index contributed by atoms with van der Waals surface area (Å²) in [7, 11) is 2.04. The van der Waals surface area contributed by atoms with E-state index >= 15 is 0 Å². The van der Waals surface area contributed by atoms with E-state index in [1.807, 2.05) is 18.0 Å². The standard InChI is InChI=1S/C13H17FN4/c1-17-5-6-18(10(7-15)9-17)13-4-2-3-12(14)11(13)8-16/h2-4,10H,5-7,9,15H2,1H3. The van der Waals surface area contributed by atoms with Crippen molar-refractivity contribution in [3.8, 4) is 6.07 Å². The number of hydrogen-bond acceptors (Lipinski definition) is 4. The number of nitriles is 1. The smallest absolute Gasteiger partial charge is 0.143 e. The van der Waals surface area contributed by atoms with Crippen LogP contribution in [0.3, 0.4) is 0 Å². The average Bonchev–Trinajstić information content (AvgIpc) is 2.38. The lowest BCUT2D eigenvalue weighted by atomic mass is 10.1. The third kappa shape index (κ3) is 2.30. The summed E-state index contributed by atoms with van der Waals surface area (Å²) < 4.78 is 13.6. The van der Waals surface area contributed by atoms with Crippen molar-refractivity contribution < 1.29 is 4.39 Å². The summed E-state index contributed by atoms with van der Waals surface area (Å²) in [4.78, 5) is 4.24. The van der Waals surface area contributed by atoms with Gasteiger partial charge in [0.25, 0.3) is 0 Å². The minimum Gasteiger partial charge on any atom is -0.364 e. The zero-order valence-corrected chi connectivity index (χ0v) is 10.4. The highest BCUT2D eigenvalue weighted by Gasteiger charge is 2.26. The molecule has 0 radical (unpaired) electrons. The zero-order valence-electron chi connectivity index (χ0n) is 10.4. The molecule has 1 aliphatic heterocycles. The van der Waals surface area contributed by atoms with Gasteiger partial charge in [-0.05, 0) is 19.2 Å². The second-order valence-electron chi connectivity index (χ2n) is 4.59. The molecule has 0 aliphatic carbocycles. The molecule has 18 heavy (non-hydrogen) atoms. The summed E-state index contributed by atoms with van der Waals surface area (Å²) in [5, 5.41) is 9.08. The molecule has 0 aromatic heterocycles. The van der Waals surface area contributed by atoms with Crippen LogP contribution < -0.4 is 10.6 Å². The van der Waals surface area contributed by atoms with E-state index in [1.165, 1.54) is 6.07 Å². The van der Waals surface area contributed by atoms with Gasteiger partial charge in [-0.1, -0.05) is 6.07 Å². The van der Waals surface area contributed by atoms with Gasteiger partial charge in [-0.25, -0.2) is 4.39 Å². The molecule has 1 aromatic rings. The Labute approximate surface area is 106 Å². The van der Waals surface area contributed by atoms with Gasteiger partial charge in [-0.15, -0.1) is 0 Å². The molecule has 1 aliphatic rings. The predicted octanol–water partition coefficient (Wildman–Crippen LogP) is 0.776. The van der Waals surface area contributed by atoms with Crippen molar-refractivity contribution in [3.05, 3.63) is 29.6 Å². The molecule has 1 aromatic carbocycles. The number of benzene rings is 1. The molecule has 1 fully saturated rings. The van der Waals surface area contributed by atoms with E-state index in [1.54, 1.807) is 12.1 Å². The lowest BCUT2D eigenvalue weighted by Crippen LogP contribution is -2.55. The normalized spacial score (nSPS) is 20.8. The fourth-order valence-electron chi connectivity index (χ4n) is 2.39. The van der Waals surface area contributed by atoms with Crippen LogP contribution in [0.25, 0.3) is 0 Å². The first kappa shape index (κ1) is 12.8. The fraction of sp³-hybridized carbons (Fsp3) is 0.462. The summed E-state index contributed by atoms with van der Waals surface area (Å²) in [5.74, 6) is -0.468. The maximum atomic E-state index is 13.6. The molecule has 0 amide bonds. The molecule has 1 atom stereocenters. The van der Waals surface area contributed by atoms with Crippen molar-refractivity contribution in [1.29, 1.82) is 5.26 Å². The summed E-state index contributed by atoms with van der Waals surface area (Å²) in [6.45, 7) is 2.97. The minimum absolute atomic E-state index is 0.112. The number of nitrogens with zero attached hydrogens (tertiary/aromatic N) is 3. The Morgan fingerprint density at radius 1 is 1.50 bits per heavy atom. The molecule has 5 heteroatoms. The number of nitrogens with two attached hydrogens (primary N) is 1. The Hall–Kier alpha value is -1.64. The number of halogens is 1. The Morgan fingerprint density at radius 3 is 2.94 bits per heavy atom. The lowest BCUT2D eigenvalue weighted by Gasteiger charge is -2.41. The topological polar surface area (TPSA) is 56.3 Å². The van der Waals surface area contributed by atoms with Gasteiger partial charge in [0, 0.05) is 26.2 Å². The Morgan fingerprint density at radius 2 is 2.28 bits per heavy atom. The number of anilines is 1. The van der Waals surface area contributed by atoms with Crippen LogP contribution in [0.15, 0.2) is 18.2 Å². The van der Waals surface area contributed by atoms with Crippen molar-refractivity contribution in [2.24, 2.45) is 5.73 Å². The molecule has 4 nitrogen and oxygen atoms in total. The van der Waals surface area contributed by atoms with E-state index in [0.29, 0.717) is 12.2 Å². The molecule has 2 rings (SSSR count). The van der Waals surface area contributed by atoms with Crippen molar-refractivity contribution in [1.82, 2.24) is 4.90 Å². The summed E-state index contributed by atoms with van der Waals surface area (Å²) in [6, 6.07) is 6.81. The molecular formula is C13H17FN4. The molecule has 0 spiro atoms. The first-order valence-electron chi connectivity index (χ1n) is 6.01. The molecule has 96 valence electrons. The maximum Gasteiger partial charge on any atom is 0.143 e. The van der Waals surface area contributed by atoms with Crippen LogP contribution in [-0.4, -0.2) is 44.2 Å². The summed E-state index contributed by atoms with van der Waals surface area (Å²) in [5.41, 5.74) is 6.54. The van der Waals surface area contributed by atoms with Gasteiger partial charge < -0.3 is 15.5 Å². The van der Waals surface area contributed by atoms with Crippen LogP contribution >= 0.6 is 0 Å². The van der Waals surface area contributed by atoms with Crippen molar-refractivity contribution in [2.45, 2.75) is 6.04 Å². The van der Waals surface area contributed by atoms with Gasteiger partial charge in [0.05, 0.1) is 11.7 Å². The Bertz CT molecular complexity index is 469. The van der Waals surface area contributed by atoms with Crippen LogP contribution in [0.4, 0.5) is 10.1 Å². The van der Waals surface area contributed by atoms with Crippen molar-refractivity contribution >= 4 is 5.69 Å². The molecule has 0 bridgehead atoms. The third-order valence-corrected chi connectivity index (χ3v) is 3.37. The number of rotatable bonds is 2. The van der Waals surface area contributed by atoms with Gasteiger partial charge in [-0.2, -0.15) is 5.26 Å². The van der Waals surface area contributed by atoms with Crippen molar-refractivity contribution in [2.75, 3.05) is 38.1 Å². The quantitative estimate of drug-likeness (QED) is 0.840. The van der Waals surface area contributed by atoms with Gasteiger partial charge in [0.2, 0.25) is 0 Å². The van der Waals surface area contributed by atoms with Crippen LogP contribution in [0.2, 0.25) is 0 Å². The van der Waals surface area contributed by atoms with E-state index in [2.05, 4.69) is 4.90 Å². The summed E-state index contributed by atoms with van der Waals surface area (Å²) >= 11 is 0. The van der Waals surface area contributed by atoms with E-state index in [0.717, 1.165) is 19.6 Å². The van der Waals surface area contributed by atoms with Crippen molar-refractivity contribution in [3.63, 3.8) is 0 Å². The second-order valence-corrected chi connectivity index (χ2v) is 4.59. The van der Waals surface area contributed by atoms with Gasteiger partial charge in [0.1, 0.15) is 17.4 Å². The maximum absolute atomic E-state index is 13.6. The first-order valence-corrected chi connectivity index (χ1v) is 6.01. The number of likely N-dealkylation sites (N-methyl/N-ethyl adjacent to an activating group) is 1. The number of hydrogen-bond donors (Lipinski definition) is 1. The predicted molar refractivity (Wildman–Crippen MR) is 68.8 cm³/mol. The summed E-state index contributed by atoms with van der Waals surface area (Å²) in [6.07, 6.45) is 0. The largest absolute Gasteiger partial charge is 0.364 e. The SMILES string of the molecule is CN1CCN(c2cccc(F)c2C#N)C(CN)C1. The van der Waals surface area contributed by atoms with Crippen LogP contribution in [-0.2, 0) is 0 Å². The van der Waals surface area contributed by atoms with Crippen LogP contribution in [0.5, 0.6) is 0 Å². The highest BCUT2D eigenvalue weighted by Crippen LogP contribution is 2.25. The Balaban J connectivity index is 2.36. The monoisotopic (exact) mass is 248 g/mol. The van der Waals surface area contributed by atoms with Gasteiger partial charge >= 0.3 is 0 Å². The highest BCUT2D eigenvalue weighted by molar-refractivity contribution is 5.60. The van der Waals surface area contributed by atoms with Gasteiger partial charge in [0.15, 0.2) is 0 Å². The van der Waals surface area contributed by atoms with Gasteiger partial charge in [-0.3, -0.25) is 0 Å². The van der Waals surface area contributed by atoms with E-state index in [4.69, 9.17) is 11.0 Å². The molecule has 1 heterocycles. The van der Waals surface area contributed by atoms with Crippen LogP contribution in [0, 0.1) is 17.1 Å². The molecule has 2 N–H and O–H groups in total. The van der Waals surface area contributed by atoms with E-state index in [-0.39, 0.29) is 11.6 Å². The first-order chi connectivity index (χ1) is 8.67. The fourth-order valence-corrected chi connectivity index (χ4v) is 2.39. The molecule has 1 saturated heterocycles.